The topological polar surface area (TPSA) is 49.8 Å². The van der Waals surface area contributed by atoms with Crippen LogP contribution in [0.15, 0.2) is 24.5 Å². The van der Waals surface area contributed by atoms with Crippen molar-refractivity contribution in [3.63, 3.8) is 0 Å². The zero-order chi connectivity index (χ0) is 15.4. The van der Waals surface area contributed by atoms with Crippen LogP contribution in [0.25, 0.3) is 0 Å². The Kier molecular flexibility index (Phi) is 4.96. The molecule has 0 unspecified atom stereocenters. The number of halogens is 2. The maximum absolute atomic E-state index is 13.2. The summed E-state index contributed by atoms with van der Waals surface area (Å²) in [5.74, 6) is 1.29. The lowest BCUT2D eigenvalue weighted by Gasteiger charge is -2.17. The Balaban J connectivity index is 2.38. The summed E-state index contributed by atoms with van der Waals surface area (Å²) in [6.07, 6.45) is 1.50. The SMILES string of the molecule is CCNc1ncnc(Nc2ccc(F)c(Cl)c2)c1C(C)C. The lowest BCUT2D eigenvalue weighted by atomic mass is 10.0. The van der Waals surface area contributed by atoms with Gasteiger partial charge in [0.2, 0.25) is 0 Å². The zero-order valence-electron chi connectivity index (χ0n) is 12.2. The van der Waals surface area contributed by atoms with Crippen molar-refractivity contribution in [3.8, 4) is 0 Å². The van der Waals surface area contributed by atoms with E-state index in [0.717, 1.165) is 17.9 Å². The second kappa shape index (κ2) is 6.72. The van der Waals surface area contributed by atoms with E-state index in [1.165, 1.54) is 18.5 Å². The molecule has 21 heavy (non-hydrogen) atoms. The molecule has 2 rings (SSSR count). The molecule has 2 N–H and O–H groups in total. The van der Waals surface area contributed by atoms with Crippen LogP contribution < -0.4 is 10.6 Å². The van der Waals surface area contributed by atoms with Gasteiger partial charge in [-0.15, -0.1) is 0 Å². The molecule has 0 saturated heterocycles. The highest BCUT2D eigenvalue weighted by Crippen LogP contribution is 2.31. The molecule has 0 atom stereocenters. The molecule has 112 valence electrons. The van der Waals surface area contributed by atoms with Gasteiger partial charge in [0.15, 0.2) is 0 Å². The van der Waals surface area contributed by atoms with Crippen LogP contribution in [0.5, 0.6) is 0 Å². The summed E-state index contributed by atoms with van der Waals surface area (Å²) in [5, 5.41) is 6.48. The molecule has 0 fully saturated rings. The molecule has 0 aliphatic carbocycles. The second-order valence-corrected chi connectivity index (χ2v) is 5.33. The van der Waals surface area contributed by atoms with Gasteiger partial charge in [0.1, 0.15) is 23.8 Å². The van der Waals surface area contributed by atoms with Gasteiger partial charge in [-0.05, 0) is 31.0 Å². The van der Waals surface area contributed by atoms with Gasteiger partial charge >= 0.3 is 0 Å². The quantitative estimate of drug-likeness (QED) is 0.849. The van der Waals surface area contributed by atoms with E-state index in [0.29, 0.717) is 11.5 Å². The van der Waals surface area contributed by atoms with Crippen molar-refractivity contribution >= 4 is 28.9 Å². The van der Waals surface area contributed by atoms with E-state index in [9.17, 15) is 4.39 Å². The van der Waals surface area contributed by atoms with Crippen LogP contribution in [0.3, 0.4) is 0 Å². The van der Waals surface area contributed by atoms with Gasteiger partial charge in [-0.2, -0.15) is 0 Å². The molecule has 1 heterocycles. The summed E-state index contributed by atoms with van der Waals surface area (Å²) >= 11 is 5.80. The first-order valence-electron chi connectivity index (χ1n) is 6.83. The molecule has 0 saturated carbocycles. The molecule has 0 bridgehead atoms. The van der Waals surface area contributed by atoms with Crippen LogP contribution >= 0.6 is 11.6 Å². The Hall–Kier alpha value is -1.88. The average Bonchev–Trinajstić information content (AvgIpc) is 2.43. The first-order valence-corrected chi connectivity index (χ1v) is 7.21. The van der Waals surface area contributed by atoms with E-state index >= 15 is 0 Å². The summed E-state index contributed by atoms with van der Waals surface area (Å²) in [4.78, 5) is 8.57. The molecule has 0 spiro atoms. The van der Waals surface area contributed by atoms with Crippen molar-refractivity contribution in [1.29, 1.82) is 0 Å². The summed E-state index contributed by atoms with van der Waals surface area (Å²) in [7, 11) is 0. The van der Waals surface area contributed by atoms with Gasteiger partial charge < -0.3 is 10.6 Å². The smallest absolute Gasteiger partial charge is 0.141 e. The monoisotopic (exact) mass is 308 g/mol. The van der Waals surface area contributed by atoms with Crippen molar-refractivity contribution in [3.05, 3.63) is 40.9 Å². The normalized spacial score (nSPS) is 10.8. The van der Waals surface area contributed by atoms with E-state index in [4.69, 9.17) is 11.6 Å². The van der Waals surface area contributed by atoms with Crippen LogP contribution in [0.1, 0.15) is 32.3 Å². The van der Waals surface area contributed by atoms with E-state index in [1.807, 2.05) is 6.92 Å². The van der Waals surface area contributed by atoms with Crippen LogP contribution in [0, 0.1) is 5.82 Å². The van der Waals surface area contributed by atoms with Crippen LogP contribution in [0.2, 0.25) is 5.02 Å². The fourth-order valence-corrected chi connectivity index (χ4v) is 2.24. The number of hydrogen-bond acceptors (Lipinski definition) is 4. The van der Waals surface area contributed by atoms with Gasteiger partial charge in [-0.25, -0.2) is 14.4 Å². The van der Waals surface area contributed by atoms with Crippen LogP contribution in [-0.4, -0.2) is 16.5 Å². The van der Waals surface area contributed by atoms with Crippen molar-refractivity contribution in [2.45, 2.75) is 26.7 Å². The maximum atomic E-state index is 13.2. The molecule has 1 aromatic carbocycles. The molecule has 0 radical (unpaired) electrons. The molecule has 2 aromatic rings. The number of hydrogen-bond donors (Lipinski definition) is 2. The number of nitrogens with one attached hydrogen (secondary N) is 2. The van der Waals surface area contributed by atoms with Crippen molar-refractivity contribution < 1.29 is 4.39 Å². The third kappa shape index (κ3) is 3.61. The standard InChI is InChI=1S/C15H18ClFN4/c1-4-18-14-13(9(2)3)15(20-8-19-14)21-10-5-6-12(17)11(16)7-10/h5-9H,4H2,1-3H3,(H2,18,19,20,21). The fourth-order valence-electron chi connectivity index (χ4n) is 2.06. The van der Waals surface area contributed by atoms with Gasteiger partial charge in [0.25, 0.3) is 0 Å². The minimum absolute atomic E-state index is 0.0760. The van der Waals surface area contributed by atoms with Crippen LogP contribution in [-0.2, 0) is 0 Å². The summed E-state index contributed by atoms with van der Waals surface area (Å²) in [6, 6.07) is 4.49. The largest absolute Gasteiger partial charge is 0.370 e. The Labute approximate surface area is 128 Å². The first-order chi connectivity index (χ1) is 10.0. The second-order valence-electron chi connectivity index (χ2n) is 4.92. The van der Waals surface area contributed by atoms with E-state index in [-0.39, 0.29) is 10.9 Å². The maximum Gasteiger partial charge on any atom is 0.141 e. The van der Waals surface area contributed by atoms with Crippen molar-refractivity contribution in [2.24, 2.45) is 0 Å². The molecular formula is C15H18ClFN4. The third-order valence-electron chi connectivity index (χ3n) is 2.99. The summed E-state index contributed by atoms with van der Waals surface area (Å²) in [6.45, 7) is 6.93. The minimum Gasteiger partial charge on any atom is -0.370 e. The molecule has 4 nitrogen and oxygen atoms in total. The highest BCUT2D eigenvalue weighted by Gasteiger charge is 2.15. The predicted octanol–water partition coefficient (Wildman–Crippen LogP) is 4.57. The molecule has 1 aromatic heterocycles. The number of nitrogens with zero attached hydrogens (tertiary/aromatic N) is 2. The zero-order valence-corrected chi connectivity index (χ0v) is 13.0. The molecular weight excluding hydrogens is 291 g/mol. The molecule has 6 heteroatoms. The molecule has 0 amide bonds. The van der Waals surface area contributed by atoms with E-state index in [1.54, 1.807) is 6.07 Å². The Bertz CT molecular complexity index is 631. The number of aromatic nitrogens is 2. The number of benzene rings is 1. The number of anilines is 3. The third-order valence-corrected chi connectivity index (χ3v) is 3.28. The predicted molar refractivity (Wildman–Crippen MR) is 85.0 cm³/mol. The van der Waals surface area contributed by atoms with Crippen LogP contribution in [0.4, 0.5) is 21.7 Å². The lowest BCUT2D eigenvalue weighted by Crippen LogP contribution is -2.09. The van der Waals surface area contributed by atoms with Gasteiger partial charge in [0.05, 0.1) is 5.02 Å². The summed E-state index contributed by atoms with van der Waals surface area (Å²) in [5.41, 5.74) is 1.67. The van der Waals surface area contributed by atoms with Crippen molar-refractivity contribution in [2.75, 3.05) is 17.2 Å². The van der Waals surface area contributed by atoms with Gasteiger partial charge in [-0.1, -0.05) is 25.4 Å². The van der Waals surface area contributed by atoms with E-state index in [2.05, 4.69) is 34.4 Å². The fraction of sp³-hybridized carbons (Fsp3) is 0.333. The molecule has 0 aliphatic heterocycles. The Morgan fingerprint density at radius 2 is 1.95 bits per heavy atom. The molecule has 0 aliphatic rings. The average molecular weight is 309 g/mol. The Morgan fingerprint density at radius 1 is 1.24 bits per heavy atom. The Morgan fingerprint density at radius 3 is 2.57 bits per heavy atom. The van der Waals surface area contributed by atoms with E-state index < -0.39 is 5.82 Å². The highest BCUT2D eigenvalue weighted by atomic mass is 35.5. The first kappa shape index (κ1) is 15.5. The highest BCUT2D eigenvalue weighted by molar-refractivity contribution is 6.31. The van der Waals surface area contributed by atoms with Gasteiger partial charge in [-0.3, -0.25) is 0 Å². The van der Waals surface area contributed by atoms with Gasteiger partial charge in [0, 0.05) is 17.8 Å². The minimum atomic E-state index is -0.442. The summed E-state index contributed by atoms with van der Waals surface area (Å²) < 4.78 is 13.2. The van der Waals surface area contributed by atoms with Crippen molar-refractivity contribution in [1.82, 2.24) is 9.97 Å². The lowest BCUT2D eigenvalue weighted by molar-refractivity contribution is 0.628. The number of rotatable bonds is 5.